The van der Waals surface area contributed by atoms with E-state index in [1.807, 2.05) is 23.4 Å². The van der Waals surface area contributed by atoms with E-state index in [9.17, 15) is 4.79 Å². The number of amides is 2. The molecule has 5 nitrogen and oxygen atoms in total. The molecule has 2 heterocycles. The van der Waals surface area contributed by atoms with E-state index in [-0.39, 0.29) is 6.03 Å². The maximum atomic E-state index is 12.6. The summed E-state index contributed by atoms with van der Waals surface area (Å²) in [5, 5.41) is 3.05. The van der Waals surface area contributed by atoms with Crippen LogP contribution < -0.4 is 5.32 Å². The number of carbonyl (C=O) groups excluding carboxylic acids is 1. The van der Waals surface area contributed by atoms with Crippen LogP contribution in [0.15, 0.2) is 36.7 Å². The molecule has 2 aromatic carbocycles. The van der Waals surface area contributed by atoms with E-state index < -0.39 is 0 Å². The van der Waals surface area contributed by atoms with Gasteiger partial charge in [-0.1, -0.05) is 6.07 Å². The number of nitrogens with one attached hydrogen (secondary N) is 1. The zero-order chi connectivity index (χ0) is 20.5. The molecule has 2 amide bonds. The Morgan fingerprint density at radius 2 is 1.69 bits per heavy atom. The van der Waals surface area contributed by atoms with Crippen LogP contribution in [-0.2, 0) is 6.54 Å². The van der Waals surface area contributed by atoms with E-state index in [0.717, 1.165) is 43.7 Å². The molecule has 1 N–H and O–H groups in total. The quantitative estimate of drug-likeness (QED) is 0.667. The molecule has 4 rings (SSSR count). The Kier molecular flexibility index (Phi) is 5.31. The summed E-state index contributed by atoms with van der Waals surface area (Å²) in [6.07, 6.45) is 4.00. The number of piperidine rings is 1. The minimum Gasteiger partial charge on any atom is -0.330 e. The van der Waals surface area contributed by atoms with Crippen LogP contribution in [0.1, 0.15) is 35.1 Å². The molecular weight excluding hydrogens is 360 g/mol. The number of urea groups is 1. The number of hydrogen-bond acceptors (Lipinski definition) is 2. The number of likely N-dealkylation sites (tertiary alicyclic amines) is 1. The first-order valence-electron chi connectivity index (χ1n) is 10.5. The van der Waals surface area contributed by atoms with Crippen molar-refractivity contribution in [3.8, 4) is 0 Å². The van der Waals surface area contributed by atoms with Crippen molar-refractivity contribution in [1.82, 2.24) is 14.5 Å². The molecule has 0 spiro atoms. The molecule has 0 bridgehead atoms. The van der Waals surface area contributed by atoms with E-state index >= 15 is 0 Å². The zero-order valence-corrected chi connectivity index (χ0v) is 17.8. The number of carbonyl (C=O) groups is 1. The molecule has 1 aliphatic heterocycles. The summed E-state index contributed by atoms with van der Waals surface area (Å²) < 4.78 is 2.28. The number of hydrogen-bond donors (Lipinski definition) is 1. The number of rotatable bonds is 3. The van der Waals surface area contributed by atoms with Crippen molar-refractivity contribution in [2.24, 2.45) is 5.92 Å². The third-order valence-corrected chi connectivity index (χ3v) is 6.35. The summed E-state index contributed by atoms with van der Waals surface area (Å²) in [5.74, 6) is 0.569. The second-order valence-corrected chi connectivity index (χ2v) is 8.48. The standard InChI is InChI=1S/C24H30N4O/c1-16-5-6-21(11-17(16)2)26-24(29)27-9-7-20(8-10-27)14-28-15-25-22-12-18(3)19(4)13-23(22)28/h5-6,11-13,15,20H,7-10,14H2,1-4H3,(H,26,29). The number of aromatic nitrogens is 2. The Balaban J connectivity index is 1.35. The SMILES string of the molecule is Cc1ccc(NC(=O)N2CCC(Cn3cnc4cc(C)c(C)cc43)CC2)cc1C. The fraction of sp³-hybridized carbons (Fsp3) is 0.417. The molecule has 152 valence electrons. The lowest BCUT2D eigenvalue weighted by molar-refractivity contribution is 0.177. The molecule has 3 aromatic rings. The number of benzene rings is 2. The van der Waals surface area contributed by atoms with Gasteiger partial charge in [0.25, 0.3) is 0 Å². The average Bonchev–Trinajstić information content (AvgIpc) is 3.07. The van der Waals surface area contributed by atoms with Crippen LogP contribution in [0.5, 0.6) is 0 Å². The Labute approximate surface area is 172 Å². The van der Waals surface area contributed by atoms with Crippen molar-refractivity contribution < 1.29 is 4.79 Å². The van der Waals surface area contributed by atoms with Gasteiger partial charge in [0.05, 0.1) is 17.4 Å². The van der Waals surface area contributed by atoms with Gasteiger partial charge in [-0.05, 0) is 93.0 Å². The van der Waals surface area contributed by atoms with E-state index in [1.54, 1.807) is 0 Å². The van der Waals surface area contributed by atoms with Crippen LogP contribution in [0.3, 0.4) is 0 Å². The number of anilines is 1. The monoisotopic (exact) mass is 390 g/mol. The maximum Gasteiger partial charge on any atom is 0.321 e. The second-order valence-electron chi connectivity index (χ2n) is 8.48. The van der Waals surface area contributed by atoms with Gasteiger partial charge in [0.1, 0.15) is 0 Å². The smallest absolute Gasteiger partial charge is 0.321 e. The molecule has 0 saturated carbocycles. The molecular formula is C24H30N4O. The van der Waals surface area contributed by atoms with Crippen LogP contribution in [0, 0.1) is 33.6 Å². The van der Waals surface area contributed by atoms with Crippen molar-refractivity contribution >= 4 is 22.8 Å². The highest BCUT2D eigenvalue weighted by atomic mass is 16.2. The summed E-state index contributed by atoms with van der Waals surface area (Å²) in [6.45, 7) is 11.0. The van der Waals surface area contributed by atoms with Gasteiger partial charge < -0.3 is 14.8 Å². The largest absolute Gasteiger partial charge is 0.330 e. The third kappa shape index (κ3) is 4.14. The van der Waals surface area contributed by atoms with Crippen molar-refractivity contribution in [1.29, 1.82) is 0 Å². The van der Waals surface area contributed by atoms with E-state index in [1.165, 1.54) is 27.8 Å². The van der Waals surface area contributed by atoms with Crippen molar-refractivity contribution in [3.63, 3.8) is 0 Å². The van der Waals surface area contributed by atoms with Crippen molar-refractivity contribution in [2.45, 2.75) is 47.1 Å². The van der Waals surface area contributed by atoms with Gasteiger partial charge in [0, 0.05) is 25.3 Å². The summed E-state index contributed by atoms with van der Waals surface area (Å²) >= 11 is 0. The van der Waals surface area contributed by atoms with Gasteiger partial charge in [0.15, 0.2) is 0 Å². The molecule has 0 unspecified atom stereocenters. The highest BCUT2D eigenvalue weighted by molar-refractivity contribution is 5.89. The summed E-state index contributed by atoms with van der Waals surface area (Å²) in [4.78, 5) is 19.1. The number of fused-ring (bicyclic) bond motifs is 1. The van der Waals surface area contributed by atoms with Crippen molar-refractivity contribution in [2.75, 3.05) is 18.4 Å². The minimum atomic E-state index is 0.00545. The lowest BCUT2D eigenvalue weighted by Crippen LogP contribution is -2.41. The fourth-order valence-corrected chi connectivity index (χ4v) is 4.08. The van der Waals surface area contributed by atoms with Crippen LogP contribution in [0.4, 0.5) is 10.5 Å². The highest BCUT2D eigenvalue weighted by Crippen LogP contribution is 2.24. The summed E-state index contributed by atoms with van der Waals surface area (Å²) in [6, 6.07) is 10.5. The fourth-order valence-electron chi connectivity index (χ4n) is 4.08. The number of nitrogens with zero attached hydrogens (tertiary/aromatic N) is 3. The lowest BCUT2D eigenvalue weighted by atomic mass is 9.97. The Morgan fingerprint density at radius 1 is 1.00 bits per heavy atom. The zero-order valence-electron chi connectivity index (χ0n) is 17.8. The first-order chi connectivity index (χ1) is 13.9. The van der Waals surface area contributed by atoms with E-state index in [0.29, 0.717) is 5.92 Å². The normalized spacial score (nSPS) is 15.1. The predicted octanol–water partition coefficient (Wildman–Crippen LogP) is 5.21. The maximum absolute atomic E-state index is 12.6. The van der Waals surface area contributed by atoms with Gasteiger partial charge >= 0.3 is 6.03 Å². The van der Waals surface area contributed by atoms with Gasteiger partial charge in [-0.2, -0.15) is 0 Å². The molecule has 1 aliphatic rings. The number of aryl methyl sites for hydroxylation is 4. The molecule has 0 radical (unpaired) electrons. The van der Waals surface area contributed by atoms with E-state index in [2.05, 4.69) is 60.8 Å². The van der Waals surface area contributed by atoms with Gasteiger partial charge in [-0.25, -0.2) is 9.78 Å². The highest BCUT2D eigenvalue weighted by Gasteiger charge is 2.23. The van der Waals surface area contributed by atoms with Crippen LogP contribution >= 0.6 is 0 Å². The van der Waals surface area contributed by atoms with Crippen molar-refractivity contribution in [3.05, 3.63) is 58.9 Å². The topological polar surface area (TPSA) is 50.2 Å². The van der Waals surface area contributed by atoms with E-state index in [4.69, 9.17) is 0 Å². The van der Waals surface area contributed by atoms with Crippen LogP contribution in [0.2, 0.25) is 0 Å². The van der Waals surface area contributed by atoms with Crippen LogP contribution in [-0.4, -0.2) is 33.6 Å². The molecule has 0 atom stereocenters. The Morgan fingerprint density at radius 3 is 2.41 bits per heavy atom. The molecule has 29 heavy (non-hydrogen) atoms. The summed E-state index contributed by atoms with van der Waals surface area (Å²) in [5.41, 5.74) is 8.17. The minimum absolute atomic E-state index is 0.00545. The number of imidazole rings is 1. The Bertz CT molecular complexity index is 1040. The van der Waals surface area contributed by atoms with Gasteiger partial charge in [-0.3, -0.25) is 0 Å². The molecule has 5 heteroatoms. The van der Waals surface area contributed by atoms with Crippen LogP contribution in [0.25, 0.3) is 11.0 Å². The lowest BCUT2D eigenvalue weighted by Gasteiger charge is -2.32. The van der Waals surface area contributed by atoms with Gasteiger partial charge in [0.2, 0.25) is 0 Å². The first-order valence-corrected chi connectivity index (χ1v) is 10.5. The predicted molar refractivity (Wildman–Crippen MR) is 118 cm³/mol. The molecule has 1 saturated heterocycles. The van der Waals surface area contributed by atoms with Gasteiger partial charge in [-0.15, -0.1) is 0 Å². The average molecular weight is 391 g/mol. The molecule has 1 fully saturated rings. The molecule has 1 aromatic heterocycles. The molecule has 0 aliphatic carbocycles. The second kappa shape index (κ2) is 7.90. The summed E-state index contributed by atoms with van der Waals surface area (Å²) in [7, 11) is 0. The first kappa shape index (κ1) is 19.5. The third-order valence-electron chi connectivity index (χ3n) is 6.35. The Hall–Kier alpha value is -2.82.